The van der Waals surface area contributed by atoms with Gasteiger partial charge in [0.15, 0.2) is 0 Å². The number of nitrogens with zero attached hydrogens (tertiary/aromatic N) is 5. The van der Waals surface area contributed by atoms with Crippen LogP contribution in [0, 0.1) is 0 Å². The molecule has 8 nitrogen and oxygen atoms in total. The molecule has 1 aromatic carbocycles. The first-order valence-electron chi connectivity index (χ1n) is 8.12. The molecular weight excluding hydrogens is 346 g/mol. The number of rotatable bonds is 5. The van der Waals surface area contributed by atoms with E-state index in [-0.39, 0.29) is 18.4 Å². The Balaban J connectivity index is 1.79. The Bertz CT molecular complexity index is 765. The van der Waals surface area contributed by atoms with Gasteiger partial charge in [-0.05, 0) is 54.3 Å². The van der Waals surface area contributed by atoms with Crippen molar-refractivity contribution in [1.29, 1.82) is 0 Å². The van der Waals surface area contributed by atoms with Crippen LogP contribution in [0.15, 0.2) is 24.5 Å². The Morgan fingerprint density at radius 1 is 1.32 bits per heavy atom. The van der Waals surface area contributed by atoms with Crippen LogP contribution >= 0.6 is 11.6 Å². The van der Waals surface area contributed by atoms with Gasteiger partial charge in [0.05, 0.1) is 16.3 Å². The Morgan fingerprint density at radius 2 is 2.16 bits per heavy atom. The standard InChI is InChI=1S/C16H18ClN5O3/c17-14-9-12(22-10-18-19-20-22)4-6-13(14)16(25)21-8-2-1-3-11(21)5-7-15(23)24/h4,6,9-11H,1-3,5,7-8H2,(H,23,24). The lowest BCUT2D eigenvalue weighted by molar-refractivity contribution is -0.137. The summed E-state index contributed by atoms with van der Waals surface area (Å²) in [5.74, 6) is -1.01. The third-order valence-electron chi connectivity index (χ3n) is 4.38. The van der Waals surface area contributed by atoms with Crippen LogP contribution in [-0.2, 0) is 4.79 Å². The van der Waals surface area contributed by atoms with Crippen molar-refractivity contribution in [2.45, 2.75) is 38.1 Å². The highest BCUT2D eigenvalue weighted by atomic mass is 35.5. The molecule has 25 heavy (non-hydrogen) atoms. The van der Waals surface area contributed by atoms with Gasteiger partial charge in [-0.1, -0.05) is 11.6 Å². The normalized spacial score (nSPS) is 17.5. The van der Waals surface area contributed by atoms with Gasteiger partial charge < -0.3 is 10.0 Å². The van der Waals surface area contributed by atoms with Crippen LogP contribution in [0.4, 0.5) is 0 Å². The number of aliphatic carboxylic acids is 1. The van der Waals surface area contributed by atoms with Crippen molar-refractivity contribution in [3.63, 3.8) is 0 Å². The molecule has 1 atom stereocenters. The van der Waals surface area contributed by atoms with E-state index in [4.69, 9.17) is 16.7 Å². The fraction of sp³-hybridized carbons (Fsp3) is 0.438. The molecule has 1 aliphatic rings. The second-order valence-corrected chi connectivity index (χ2v) is 6.41. The average molecular weight is 364 g/mol. The number of likely N-dealkylation sites (tertiary alicyclic amines) is 1. The number of carboxylic acid groups (broad SMARTS) is 1. The predicted octanol–water partition coefficient (Wildman–Crippen LogP) is 2.18. The highest BCUT2D eigenvalue weighted by Crippen LogP contribution is 2.27. The Labute approximate surface area is 149 Å². The molecule has 0 aliphatic carbocycles. The second-order valence-electron chi connectivity index (χ2n) is 6.00. The smallest absolute Gasteiger partial charge is 0.303 e. The monoisotopic (exact) mass is 363 g/mol. The molecule has 1 N–H and O–H groups in total. The summed E-state index contributed by atoms with van der Waals surface area (Å²) in [5, 5.41) is 20.2. The SMILES string of the molecule is O=C(O)CCC1CCCCN1C(=O)c1ccc(-n2cnnn2)cc1Cl. The molecular formula is C16H18ClN5O3. The summed E-state index contributed by atoms with van der Waals surface area (Å²) in [6.45, 7) is 0.619. The van der Waals surface area contributed by atoms with Gasteiger partial charge in [-0.3, -0.25) is 9.59 Å². The van der Waals surface area contributed by atoms with Gasteiger partial charge in [-0.2, -0.15) is 0 Å². The number of carboxylic acids is 1. The van der Waals surface area contributed by atoms with E-state index < -0.39 is 5.97 Å². The summed E-state index contributed by atoms with van der Waals surface area (Å²) < 4.78 is 1.46. The zero-order chi connectivity index (χ0) is 17.8. The van der Waals surface area contributed by atoms with Crippen molar-refractivity contribution in [1.82, 2.24) is 25.1 Å². The largest absolute Gasteiger partial charge is 0.481 e. The van der Waals surface area contributed by atoms with Crippen LogP contribution in [0.1, 0.15) is 42.5 Å². The summed E-state index contributed by atoms with van der Waals surface area (Å²) in [4.78, 5) is 25.5. The molecule has 1 aromatic heterocycles. The van der Waals surface area contributed by atoms with E-state index in [1.165, 1.54) is 11.0 Å². The highest BCUT2D eigenvalue weighted by molar-refractivity contribution is 6.34. The lowest BCUT2D eigenvalue weighted by Crippen LogP contribution is -2.44. The summed E-state index contributed by atoms with van der Waals surface area (Å²) in [6.07, 6.45) is 4.69. The predicted molar refractivity (Wildman–Crippen MR) is 89.7 cm³/mol. The van der Waals surface area contributed by atoms with Gasteiger partial charge in [-0.25, -0.2) is 4.68 Å². The van der Waals surface area contributed by atoms with Crippen molar-refractivity contribution in [2.75, 3.05) is 6.54 Å². The Kier molecular flexibility index (Phi) is 5.28. The fourth-order valence-corrected chi connectivity index (χ4v) is 3.37. The molecule has 1 amide bonds. The molecule has 9 heteroatoms. The minimum absolute atomic E-state index is 0.0560. The van der Waals surface area contributed by atoms with Crippen molar-refractivity contribution in [3.8, 4) is 5.69 Å². The van der Waals surface area contributed by atoms with Crippen LogP contribution in [-0.4, -0.2) is 54.7 Å². The van der Waals surface area contributed by atoms with E-state index >= 15 is 0 Å². The number of benzene rings is 1. The molecule has 0 saturated carbocycles. The second kappa shape index (κ2) is 7.60. The maximum Gasteiger partial charge on any atom is 0.303 e. The van der Waals surface area contributed by atoms with E-state index in [1.54, 1.807) is 23.1 Å². The van der Waals surface area contributed by atoms with Gasteiger partial charge >= 0.3 is 5.97 Å². The van der Waals surface area contributed by atoms with Crippen molar-refractivity contribution in [3.05, 3.63) is 35.1 Å². The number of amides is 1. The van der Waals surface area contributed by atoms with Gasteiger partial charge in [0, 0.05) is 19.0 Å². The summed E-state index contributed by atoms with van der Waals surface area (Å²) in [5.41, 5.74) is 1.06. The number of carbonyl (C=O) groups excluding carboxylic acids is 1. The number of aromatic nitrogens is 4. The van der Waals surface area contributed by atoms with Crippen LogP contribution < -0.4 is 0 Å². The lowest BCUT2D eigenvalue weighted by Gasteiger charge is -2.36. The van der Waals surface area contributed by atoms with E-state index in [1.807, 2.05) is 0 Å². The van der Waals surface area contributed by atoms with E-state index in [0.717, 1.165) is 19.3 Å². The van der Waals surface area contributed by atoms with Crippen molar-refractivity contribution < 1.29 is 14.7 Å². The van der Waals surface area contributed by atoms with Gasteiger partial charge in [0.25, 0.3) is 5.91 Å². The van der Waals surface area contributed by atoms with E-state index in [2.05, 4.69) is 15.5 Å². The minimum atomic E-state index is -0.846. The zero-order valence-corrected chi connectivity index (χ0v) is 14.3. The number of halogens is 1. The lowest BCUT2D eigenvalue weighted by atomic mass is 9.97. The Morgan fingerprint density at radius 3 is 2.84 bits per heavy atom. The molecule has 0 spiro atoms. The van der Waals surface area contributed by atoms with Crippen molar-refractivity contribution >= 4 is 23.5 Å². The van der Waals surface area contributed by atoms with Crippen LogP contribution in [0.5, 0.6) is 0 Å². The number of hydrogen-bond acceptors (Lipinski definition) is 5. The molecule has 132 valence electrons. The molecule has 1 saturated heterocycles. The quantitative estimate of drug-likeness (QED) is 0.873. The maximum atomic E-state index is 12.9. The molecule has 3 rings (SSSR count). The molecule has 1 unspecified atom stereocenters. The third-order valence-corrected chi connectivity index (χ3v) is 4.69. The first kappa shape index (κ1) is 17.3. The van der Waals surface area contributed by atoms with Gasteiger partial charge in [0.2, 0.25) is 0 Å². The molecule has 1 aliphatic heterocycles. The van der Waals surface area contributed by atoms with Crippen molar-refractivity contribution in [2.24, 2.45) is 0 Å². The molecule has 2 heterocycles. The number of carbonyl (C=O) groups is 2. The molecule has 0 bridgehead atoms. The number of tetrazole rings is 1. The maximum absolute atomic E-state index is 12.9. The van der Waals surface area contributed by atoms with Crippen LogP contribution in [0.2, 0.25) is 5.02 Å². The van der Waals surface area contributed by atoms with E-state index in [9.17, 15) is 9.59 Å². The molecule has 0 radical (unpaired) electrons. The van der Waals surface area contributed by atoms with Gasteiger partial charge in [0.1, 0.15) is 6.33 Å². The number of piperidine rings is 1. The van der Waals surface area contributed by atoms with E-state index in [0.29, 0.717) is 29.2 Å². The number of hydrogen-bond donors (Lipinski definition) is 1. The summed E-state index contributed by atoms with van der Waals surface area (Å²) in [7, 11) is 0. The minimum Gasteiger partial charge on any atom is -0.481 e. The third kappa shape index (κ3) is 3.96. The zero-order valence-electron chi connectivity index (χ0n) is 13.5. The first-order chi connectivity index (χ1) is 12.1. The summed E-state index contributed by atoms with van der Waals surface area (Å²) in [6, 6.07) is 4.96. The highest BCUT2D eigenvalue weighted by Gasteiger charge is 2.29. The van der Waals surface area contributed by atoms with Crippen LogP contribution in [0.3, 0.4) is 0 Å². The Hall–Kier alpha value is -2.48. The van der Waals surface area contributed by atoms with Crippen LogP contribution in [0.25, 0.3) is 5.69 Å². The topological polar surface area (TPSA) is 101 Å². The van der Waals surface area contributed by atoms with Gasteiger partial charge in [-0.15, -0.1) is 5.10 Å². The first-order valence-corrected chi connectivity index (χ1v) is 8.49. The average Bonchev–Trinajstić information content (AvgIpc) is 3.14. The molecule has 1 fully saturated rings. The summed E-state index contributed by atoms with van der Waals surface area (Å²) >= 11 is 6.31. The fourth-order valence-electron chi connectivity index (χ4n) is 3.11. The molecule has 2 aromatic rings.